The average Bonchev–Trinajstić information content (AvgIpc) is 0.682. The van der Waals surface area contributed by atoms with Crippen molar-refractivity contribution in [3.8, 4) is 89.0 Å². The monoisotopic (exact) mass is 1710 g/mol. The Morgan fingerprint density at radius 3 is 0.864 bits per heavy atom. The van der Waals surface area contributed by atoms with Crippen molar-refractivity contribution in [2.45, 2.75) is 16.0 Å². The lowest BCUT2D eigenvalue weighted by Crippen LogP contribution is -2.64. The first-order chi connectivity index (χ1) is 65.2. The van der Waals surface area contributed by atoms with Gasteiger partial charge in [0.05, 0.1) is 34.0 Å². The van der Waals surface area contributed by atoms with Gasteiger partial charge in [-0.2, -0.15) is 13.2 Å². The first kappa shape index (κ1) is 79.1. The average molecular weight is 1710 g/mol. The third-order valence-corrected chi connectivity index (χ3v) is 27.6. The number of rotatable bonds is 17. The molecule has 0 bridgehead atoms. The van der Waals surface area contributed by atoms with Crippen LogP contribution in [0.25, 0.3) is 89.0 Å². The number of halogens is 3. The molecule has 0 radical (unpaired) electrons. The quantitative estimate of drug-likeness (QED) is 0.0839. The molecule has 0 amide bonds. The molecule has 0 fully saturated rings. The maximum atomic E-state index is 15.7. The van der Waals surface area contributed by atoms with Gasteiger partial charge in [-0.1, -0.05) is 412 Å². The second-order valence-electron chi connectivity index (χ2n) is 33.9. The first-order valence-corrected chi connectivity index (χ1v) is 45.7. The standard InChI is InChI=1S/C121H80B2F3N5S/c124-121(125,126)89-71-73-92(74-72-89)129-109-80-113-106(123-104-68-32-34-70-108(104)131(120-101(87-51-23-7-24-52-87)65-38-66-102(120)88-53-25-8-26-54-88)112-77-94(78-114(132-113)116(112)123)128(91-57-29-10-30-58-91)118-97(83-43-15-3-16-44-83)61-36-62-98(118)84-45-17-4-18-46-84)79-105(109)122-103-67-31-33-69-107(103)130(119-99(85-47-19-5-20-48-85)63-37-64-100(119)86-49-21-6-22-50-86)111-76-93(75-110(129)115(111)122)127(90-55-27-9-28-56-90)117-95(81-39-11-1-12-40-81)59-35-60-96(117)82-41-13-2-14-42-82/h1-80H. The van der Waals surface area contributed by atoms with Crippen LogP contribution in [0.15, 0.2) is 495 Å². The lowest BCUT2D eigenvalue weighted by atomic mass is 9.31. The van der Waals surface area contributed by atoms with Gasteiger partial charge in [0.15, 0.2) is 0 Å². The SMILES string of the molecule is FC(F)(F)c1ccc(N2c3cc4c(cc3B3c5ccccc5N(c5c(-c6ccccc6)cccc5-c5ccccc5)c5cc(N(c6ccccc6)c6c(-c7ccccc7)cccc6-c6ccccc6)cc2c53)B2c3ccccc3N(c3c(-c5ccccc5)cccc3-c3ccccc3)c3cc(N(c5ccccc5)c5c(-c6ccccc6)cccc5-c5ccccc5)cc(c32)S4)cc1. The summed E-state index contributed by atoms with van der Waals surface area (Å²) in [5, 5.41) is 0. The van der Waals surface area contributed by atoms with Crippen molar-refractivity contribution in [3.63, 3.8) is 0 Å². The highest BCUT2D eigenvalue weighted by Gasteiger charge is 2.49. The molecule has 0 saturated carbocycles. The largest absolute Gasteiger partial charge is 0.416 e. The van der Waals surface area contributed by atoms with Crippen LogP contribution in [-0.4, -0.2) is 13.4 Å². The zero-order chi connectivity index (χ0) is 87.9. The Labute approximate surface area is 771 Å². The molecular weight excluding hydrogens is 1630 g/mol. The summed E-state index contributed by atoms with van der Waals surface area (Å²) in [6, 6.07) is 173. The minimum absolute atomic E-state index is 0.393. The molecule has 4 heterocycles. The highest BCUT2D eigenvalue weighted by Crippen LogP contribution is 2.58. The second-order valence-corrected chi connectivity index (χ2v) is 35.0. The van der Waals surface area contributed by atoms with Crippen LogP contribution in [0, 0.1) is 0 Å². The fourth-order valence-corrected chi connectivity index (χ4v) is 22.1. The molecule has 0 aromatic heterocycles. The van der Waals surface area contributed by atoms with E-state index in [1.165, 1.54) is 12.1 Å². The van der Waals surface area contributed by atoms with E-state index in [2.05, 4.69) is 486 Å². The van der Waals surface area contributed by atoms with Crippen molar-refractivity contribution in [2.24, 2.45) is 0 Å². The fraction of sp³-hybridized carbons (Fsp3) is 0.00826. The van der Waals surface area contributed by atoms with E-state index in [4.69, 9.17) is 0 Å². The zero-order valence-electron chi connectivity index (χ0n) is 71.6. The summed E-state index contributed by atoms with van der Waals surface area (Å²) in [5.74, 6) is 0. The molecule has 622 valence electrons. The maximum absolute atomic E-state index is 15.7. The molecule has 4 aliphatic rings. The molecule has 132 heavy (non-hydrogen) atoms. The van der Waals surface area contributed by atoms with Crippen LogP contribution < -0.4 is 57.3 Å². The van der Waals surface area contributed by atoms with Crippen LogP contribution in [0.4, 0.5) is 98.5 Å². The van der Waals surface area contributed by atoms with Crippen LogP contribution in [0.5, 0.6) is 0 Å². The Kier molecular flexibility index (Phi) is 19.8. The minimum atomic E-state index is -4.64. The molecule has 20 aromatic carbocycles. The molecule has 0 N–H and O–H groups in total. The van der Waals surface area contributed by atoms with Gasteiger partial charge in [-0.15, -0.1) is 0 Å². The number of anilines is 15. The van der Waals surface area contributed by atoms with E-state index in [-0.39, 0.29) is 0 Å². The van der Waals surface area contributed by atoms with Gasteiger partial charge in [-0.05, 0) is 163 Å². The van der Waals surface area contributed by atoms with E-state index in [1.807, 2.05) is 0 Å². The molecule has 24 rings (SSSR count). The van der Waals surface area contributed by atoms with Crippen molar-refractivity contribution in [1.29, 1.82) is 0 Å². The van der Waals surface area contributed by atoms with Crippen molar-refractivity contribution in [1.82, 2.24) is 0 Å². The predicted molar refractivity (Wildman–Crippen MR) is 548 cm³/mol. The van der Waals surface area contributed by atoms with E-state index in [9.17, 15) is 0 Å². The highest BCUT2D eigenvalue weighted by atomic mass is 32.2. The number of hydrogen-bond acceptors (Lipinski definition) is 6. The third kappa shape index (κ3) is 13.6. The van der Waals surface area contributed by atoms with Crippen LogP contribution in [0.2, 0.25) is 0 Å². The minimum Gasteiger partial charge on any atom is -0.311 e. The van der Waals surface area contributed by atoms with E-state index in [1.54, 1.807) is 23.9 Å². The summed E-state index contributed by atoms with van der Waals surface area (Å²) in [4.78, 5) is 14.4. The fourth-order valence-electron chi connectivity index (χ4n) is 20.8. The molecule has 0 aliphatic carbocycles. The molecule has 0 saturated heterocycles. The van der Waals surface area contributed by atoms with Gasteiger partial charge in [0.25, 0.3) is 6.71 Å². The molecular formula is C121H80B2F3N5S. The molecule has 5 nitrogen and oxygen atoms in total. The van der Waals surface area contributed by atoms with Gasteiger partial charge >= 0.3 is 6.18 Å². The summed E-state index contributed by atoms with van der Waals surface area (Å²) in [6.45, 7) is -0.887. The van der Waals surface area contributed by atoms with Crippen molar-refractivity contribution in [2.75, 3.05) is 24.5 Å². The molecule has 11 heteroatoms. The van der Waals surface area contributed by atoms with Crippen molar-refractivity contribution >= 4 is 143 Å². The van der Waals surface area contributed by atoms with Crippen LogP contribution >= 0.6 is 11.8 Å². The van der Waals surface area contributed by atoms with Crippen LogP contribution in [0.3, 0.4) is 0 Å². The Morgan fingerprint density at radius 2 is 0.508 bits per heavy atom. The second kappa shape index (κ2) is 33.1. The third-order valence-electron chi connectivity index (χ3n) is 26.5. The zero-order valence-corrected chi connectivity index (χ0v) is 72.4. The smallest absolute Gasteiger partial charge is 0.311 e. The number of fused-ring (bicyclic) bond motifs is 8. The molecule has 0 unspecified atom stereocenters. The number of para-hydroxylation sites is 8. The van der Waals surface area contributed by atoms with Gasteiger partial charge in [0.2, 0.25) is 6.71 Å². The van der Waals surface area contributed by atoms with Crippen LogP contribution in [0.1, 0.15) is 5.56 Å². The Bertz CT molecular complexity index is 7550. The molecule has 20 aromatic rings. The van der Waals surface area contributed by atoms with E-state index in [0.717, 1.165) is 211 Å². The predicted octanol–water partition coefficient (Wildman–Crippen LogP) is 29.8. The topological polar surface area (TPSA) is 16.2 Å². The number of benzene rings is 20. The Morgan fingerprint density at radius 1 is 0.212 bits per heavy atom. The van der Waals surface area contributed by atoms with Gasteiger partial charge in [0, 0.05) is 111 Å². The van der Waals surface area contributed by atoms with Crippen molar-refractivity contribution < 1.29 is 13.2 Å². The summed E-state index contributed by atoms with van der Waals surface area (Å²) in [5.41, 5.74) is 36.1. The number of hydrogen-bond donors (Lipinski definition) is 0. The lowest BCUT2D eigenvalue weighted by Gasteiger charge is -2.47. The van der Waals surface area contributed by atoms with Gasteiger partial charge < -0.3 is 24.5 Å². The Hall–Kier alpha value is -16.3. The maximum Gasteiger partial charge on any atom is 0.416 e. The summed E-state index contributed by atoms with van der Waals surface area (Å²) < 4.78 is 47.1. The highest BCUT2D eigenvalue weighted by molar-refractivity contribution is 8.00. The van der Waals surface area contributed by atoms with Gasteiger partial charge in [-0.25, -0.2) is 0 Å². The van der Waals surface area contributed by atoms with E-state index < -0.39 is 25.2 Å². The normalized spacial score (nSPS) is 12.6. The van der Waals surface area contributed by atoms with Gasteiger partial charge in [-0.3, -0.25) is 0 Å². The molecule has 4 aliphatic heterocycles. The van der Waals surface area contributed by atoms with Crippen molar-refractivity contribution in [3.05, 3.63) is 491 Å². The molecule has 0 atom stereocenters. The number of alkyl halides is 3. The van der Waals surface area contributed by atoms with Crippen LogP contribution in [-0.2, 0) is 6.18 Å². The Balaban J connectivity index is 0.827. The summed E-state index contributed by atoms with van der Waals surface area (Å²) in [7, 11) is 0. The lowest BCUT2D eigenvalue weighted by molar-refractivity contribution is -0.137. The first-order valence-electron chi connectivity index (χ1n) is 44.8. The summed E-state index contributed by atoms with van der Waals surface area (Å²) >= 11 is 1.77. The summed E-state index contributed by atoms with van der Waals surface area (Å²) in [6.07, 6.45) is -4.64. The number of nitrogens with zero attached hydrogens (tertiary/aromatic N) is 5. The van der Waals surface area contributed by atoms with E-state index in [0.29, 0.717) is 5.69 Å². The van der Waals surface area contributed by atoms with Gasteiger partial charge in [0.1, 0.15) is 0 Å². The van der Waals surface area contributed by atoms with E-state index >= 15 is 13.2 Å². The molecule has 0 spiro atoms.